The van der Waals surface area contributed by atoms with Crippen LogP contribution in [-0.2, 0) is 16.1 Å². The fourth-order valence-corrected chi connectivity index (χ4v) is 4.39. The van der Waals surface area contributed by atoms with Gasteiger partial charge in [-0.25, -0.2) is 9.78 Å². The van der Waals surface area contributed by atoms with Crippen molar-refractivity contribution in [2.45, 2.75) is 32.3 Å². The van der Waals surface area contributed by atoms with Gasteiger partial charge in [0.15, 0.2) is 6.23 Å². The van der Waals surface area contributed by atoms with Crippen LogP contribution >= 0.6 is 0 Å². The molecule has 0 spiro atoms. The molecule has 5 rings (SSSR count). The Balaban J connectivity index is 1.64. The monoisotopic (exact) mass is 547 g/mol. The number of esters is 1. The Labute approximate surface area is 226 Å². The van der Waals surface area contributed by atoms with E-state index >= 15 is 0 Å². The Morgan fingerprint density at radius 3 is 2.45 bits per heavy atom. The van der Waals surface area contributed by atoms with Gasteiger partial charge in [0, 0.05) is 46.8 Å². The molecular formula is C29H24F3N5O3. The summed E-state index contributed by atoms with van der Waals surface area (Å²) in [6.07, 6.45) is -0.639. The largest absolute Gasteiger partial charge is 0.490 e. The number of hydrogen-bond donors (Lipinski definition) is 2. The van der Waals surface area contributed by atoms with E-state index < -0.39 is 18.4 Å². The minimum Gasteiger partial charge on any atom is -0.436 e. The molecular weight excluding hydrogens is 523 g/mol. The number of nitrogens with zero attached hydrogens (tertiary/aromatic N) is 3. The number of rotatable bonds is 7. The molecule has 0 fully saturated rings. The molecule has 0 aliphatic carbocycles. The molecule has 3 heterocycles. The van der Waals surface area contributed by atoms with E-state index in [-0.39, 0.29) is 11.1 Å². The van der Waals surface area contributed by atoms with Crippen molar-refractivity contribution in [3.8, 4) is 33.5 Å². The SMILES string of the molecule is CCCn1cc(-c2c[nH]c(=O)c3cc(-c4ccccc4)c(-c4ccc(C(N)OC(=O)C(F)(F)F)cc4)nc23)cn1. The number of fused-ring (bicyclic) bond motifs is 1. The maximum absolute atomic E-state index is 12.9. The number of benzene rings is 2. The second-order valence-electron chi connectivity index (χ2n) is 9.12. The second-order valence-corrected chi connectivity index (χ2v) is 9.12. The second kappa shape index (κ2) is 10.8. The van der Waals surface area contributed by atoms with Gasteiger partial charge in [0.2, 0.25) is 0 Å². The number of aromatic amines is 1. The number of aromatic nitrogens is 4. The minimum atomic E-state index is -5.15. The van der Waals surface area contributed by atoms with E-state index in [0.717, 1.165) is 24.1 Å². The molecule has 0 bridgehead atoms. The van der Waals surface area contributed by atoms with Crippen LogP contribution in [0.2, 0.25) is 0 Å². The zero-order valence-electron chi connectivity index (χ0n) is 21.3. The van der Waals surface area contributed by atoms with E-state index in [1.807, 2.05) is 48.1 Å². The molecule has 2 aromatic carbocycles. The molecule has 3 aromatic heterocycles. The third-order valence-corrected chi connectivity index (χ3v) is 6.33. The molecule has 8 nitrogen and oxygen atoms in total. The maximum Gasteiger partial charge on any atom is 0.490 e. The first kappa shape index (κ1) is 26.8. The minimum absolute atomic E-state index is 0.170. The van der Waals surface area contributed by atoms with Crippen LogP contribution in [0.4, 0.5) is 13.2 Å². The van der Waals surface area contributed by atoms with Crippen molar-refractivity contribution < 1.29 is 22.7 Å². The first-order chi connectivity index (χ1) is 19.2. The first-order valence-electron chi connectivity index (χ1n) is 12.4. The Hall–Kier alpha value is -4.77. The van der Waals surface area contributed by atoms with Gasteiger partial charge in [-0.1, -0.05) is 61.5 Å². The van der Waals surface area contributed by atoms with Gasteiger partial charge in [-0.05, 0) is 18.1 Å². The van der Waals surface area contributed by atoms with Crippen molar-refractivity contribution in [3.05, 3.63) is 95.2 Å². The summed E-state index contributed by atoms with van der Waals surface area (Å²) in [5.74, 6) is -2.37. The zero-order valence-corrected chi connectivity index (χ0v) is 21.3. The normalized spacial score (nSPS) is 12.4. The summed E-state index contributed by atoms with van der Waals surface area (Å²) in [5, 5.41) is 4.79. The Kier molecular flexibility index (Phi) is 7.22. The van der Waals surface area contributed by atoms with Crippen molar-refractivity contribution >= 4 is 16.9 Å². The molecule has 0 aliphatic heterocycles. The van der Waals surface area contributed by atoms with Crippen LogP contribution in [0, 0.1) is 0 Å². The lowest BCUT2D eigenvalue weighted by molar-refractivity contribution is -0.205. The number of nitrogens with two attached hydrogens (primary N) is 1. The fraction of sp³-hybridized carbons (Fsp3) is 0.172. The van der Waals surface area contributed by atoms with Crippen LogP contribution in [0.15, 0.2) is 84.0 Å². The van der Waals surface area contributed by atoms with Gasteiger partial charge in [0.05, 0.1) is 22.8 Å². The lowest BCUT2D eigenvalue weighted by Crippen LogP contribution is -2.29. The van der Waals surface area contributed by atoms with Crippen LogP contribution in [0.25, 0.3) is 44.4 Å². The molecule has 0 saturated carbocycles. The van der Waals surface area contributed by atoms with Crippen LogP contribution in [-0.4, -0.2) is 31.9 Å². The van der Waals surface area contributed by atoms with Crippen LogP contribution in [0.1, 0.15) is 25.1 Å². The van der Waals surface area contributed by atoms with Gasteiger partial charge in [-0.15, -0.1) is 0 Å². The number of alkyl halides is 3. The maximum atomic E-state index is 12.9. The topological polar surface area (TPSA) is 116 Å². The van der Waals surface area contributed by atoms with Gasteiger partial charge in [-0.2, -0.15) is 18.3 Å². The Morgan fingerprint density at radius 1 is 1.05 bits per heavy atom. The predicted octanol–water partition coefficient (Wildman–Crippen LogP) is 5.59. The van der Waals surface area contributed by atoms with Crippen molar-refractivity contribution in [1.82, 2.24) is 19.7 Å². The highest BCUT2D eigenvalue weighted by Crippen LogP contribution is 2.35. The standard InChI is InChI=1S/C29H24F3N5O3/c1-2-12-37-16-20(14-35-37)23-15-34-27(38)22-13-21(17-6-4-3-5-7-17)24(36-25(22)23)18-8-10-19(11-9-18)26(33)40-28(39)29(30,31)32/h3-11,13-16,26H,2,12,33H2,1H3,(H,34,38). The molecule has 1 atom stereocenters. The molecule has 1 unspecified atom stereocenters. The number of H-pyrrole nitrogens is 1. The average Bonchev–Trinajstić information content (AvgIpc) is 3.41. The smallest absolute Gasteiger partial charge is 0.436 e. The Bertz CT molecular complexity index is 1730. The van der Waals surface area contributed by atoms with Gasteiger partial charge in [-0.3, -0.25) is 15.2 Å². The summed E-state index contributed by atoms with van der Waals surface area (Å²) >= 11 is 0. The van der Waals surface area contributed by atoms with Gasteiger partial charge >= 0.3 is 12.1 Å². The molecule has 11 heteroatoms. The molecule has 0 saturated heterocycles. The molecule has 40 heavy (non-hydrogen) atoms. The van der Waals surface area contributed by atoms with Gasteiger partial charge < -0.3 is 9.72 Å². The van der Waals surface area contributed by atoms with Crippen molar-refractivity contribution in [1.29, 1.82) is 0 Å². The summed E-state index contributed by atoms with van der Waals surface area (Å²) in [6, 6.07) is 17.3. The van der Waals surface area contributed by atoms with Crippen molar-refractivity contribution in [2.24, 2.45) is 5.73 Å². The fourth-order valence-electron chi connectivity index (χ4n) is 4.39. The summed E-state index contributed by atoms with van der Waals surface area (Å²) < 4.78 is 44.0. The van der Waals surface area contributed by atoms with E-state index in [1.54, 1.807) is 30.6 Å². The molecule has 3 N–H and O–H groups in total. The summed E-state index contributed by atoms with van der Waals surface area (Å²) in [5.41, 5.74) is 10.2. The summed E-state index contributed by atoms with van der Waals surface area (Å²) in [7, 11) is 0. The van der Waals surface area contributed by atoms with E-state index in [2.05, 4.69) is 14.8 Å². The number of pyridine rings is 2. The van der Waals surface area contributed by atoms with Crippen LogP contribution in [0.3, 0.4) is 0 Å². The van der Waals surface area contributed by atoms with E-state index in [1.165, 1.54) is 12.1 Å². The highest BCUT2D eigenvalue weighted by molar-refractivity contribution is 5.98. The van der Waals surface area contributed by atoms with Crippen LogP contribution < -0.4 is 11.3 Å². The molecule has 204 valence electrons. The van der Waals surface area contributed by atoms with Crippen molar-refractivity contribution in [3.63, 3.8) is 0 Å². The van der Waals surface area contributed by atoms with Crippen molar-refractivity contribution in [2.75, 3.05) is 0 Å². The predicted molar refractivity (Wildman–Crippen MR) is 144 cm³/mol. The Morgan fingerprint density at radius 2 is 1.77 bits per heavy atom. The highest BCUT2D eigenvalue weighted by Gasteiger charge is 2.42. The third kappa shape index (κ3) is 5.36. The number of hydrogen-bond acceptors (Lipinski definition) is 6. The summed E-state index contributed by atoms with van der Waals surface area (Å²) in [6.45, 7) is 2.79. The molecule has 0 amide bonds. The molecule has 0 radical (unpaired) electrons. The van der Waals surface area contributed by atoms with E-state index in [4.69, 9.17) is 10.7 Å². The molecule has 0 aliphatic rings. The highest BCUT2D eigenvalue weighted by atomic mass is 19.4. The first-order valence-corrected chi connectivity index (χ1v) is 12.4. The lowest BCUT2D eigenvalue weighted by atomic mass is 9.96. The van der Waals surface area contributed by atoms with Gasteiger partial charge in [0.1, 0.15) is 0 Å². The average molecular weight is 548 g/mol. The van der Waals surface area contributed by atoms with Gasteiger partial charge in [0.25, 0.3) is 5.56 Å². The lowest BCUT2D eigenvalue weighted by Gasteiger charge is -2.16. The number of carbonyl (C=O) groups is 1. The van der Waals surface area contributed by atoms with E-state index in [9.17, 15) is 22.8 Å². The third-order valence-electron chi connectivity index (χ3n) is 6.33. The zero-order chi connectivity index (χ0) is 28.4. The quantitative estimate of drug-likeness (QED) is 0.203. The summed E-state index contributed by atoms with van der Waals surface area (Å²) in [4.78, 5) is 31.9. The number of ether oxygens (including phenoxy) is 1. The molecule has 5 aromatic rings. The van der Waals surface area contributed by atoms with E-state index in [0.29, 0.717) is 33.3 Å². The number of halogens is 3. The number of aryl methyl sites for hydroxylation is 1. The van der Waals surface area contributed by atoms with Crippen LogP contribution in [0.5, 0.6) is 0 Å². The number of carbonyl (C=O) groups excluding carboxylic acids is 1. The number of nitrogens with one attached hydrogen (secondary N) is 1.